The number of carboxylic acid groups (broad SMARTS) is 1. The first-order chi connectivity index (χ1) is 25.3. The van der Waals surface area contributed by atoms with Crippen LogP contribution >= 0.6 is 0 Å². The highest BCUT2D eigenvalue weighted by atomic mass is 16.5. The number of aliphatic hydroxyl groups is 1. The maximum absolute atomic E-state index is 11.5. The lowest BCUT2D eigenvalue weighted by atomic mass is 9.91. The van der Waals surface area contributed by atoms with Gasteiger partial charge in [0.15, 0.2) is 5.58 Å². The summed E-state index contributed by atoms with van der Waals surface area (Å²) in [5, 5.41) is 29.3. The largest absolute Gasteiger partial charge is 0.481 e. The Balaban J connectivity index is 1.04. The van der Waals surface area contributed by atoms with Crippen molar-refractivity contribution < 1.29 is 28.9 Å². The normalized spacial score (nSPS) is 20.3. The van der Waals surface area contributed by atoms with Crippen molar-refractivity contribution in [2.45, 2.75) is 57.9 Å². The van der Waals surface area contributed by atoms with Crippen LogP contribution in [0.15, 0.2) is 59.1 Å². The Hall–Kier alpha value is -5.35. The summed E-state index contributed by atoms with van der Waals surface area (Å²) in [7, 11) is 1.58. The molecule has 2 aromatic heterocycles. The van der Waals surface area contributed by atoms with Crippen molar-refractivity contribution in [3.8, 4) is 40.4 Å². The van der Waals surface area contributed by atoms with E-state index in [0.717, 1.165) is 64.9 Å². The number of fused-ring (bicyclic) bond motifs is 2. The Bertz CT molecular complexity index is 2210. The highest BCUT2D eigenvalue weighted by molar-refractivity contribution is 5.85. The molecule has 2 N–H and O–H groups in total. The van der Waals surface area contributed by atoms with Crippen LogP contribution in [0.2, 0.25) is 0 Å². The smallest absolute Gasteiger partial charge is 0.307 e. The van der Waals surface area contributed by atoms with Gasteiger partial charge in [-0.25, -0.2) is 9.97 Å². The average Bonchev–Trinajstić information content (AvgIpc) is 3.96. The van der Waals surface area contributed by atoms with Gasteiger partial charge in [-0.05, 0) is 90.7 Å². The van der Waals surface area contributed by atoms with E-state index >= 15 is 0 Å². The van der Waals surface area contributed by atoms with Gasteiger partial charge in [-0.2, -0.15) is 10.2 Å². The second-order valence-corrected chi connectivity index (χ2v) is 14.0. The van der Waals surface area contributed by atoms with E-state index in [1.807, 2.05) is 24.3 Å². The number of nitriles is 1. The molecule has 2 aliphatic heterocycles. The molecule has 0 amide bonds. The van der Waals surface area contributed by atoms with Gasteiger partial charge in [-0.1, -0.05) is 30.3 Å². The van der Waals surface area contributed by atoms with E-state index in [1.54, 1.807) is 13.3 Å². The Morgan fingerprint density at radius 3 is 2.58 bits per heavy atom. The van der Waals surface area contributed by atoms with Crippen LogP contribution in [0.1, 0.15) is 58.9 Å². The standard InChI is InChI=1S/C40H40N6O6/c1-23-28(5-3-6-29(23)38-43-33-16-24(15-26(17-41)37(33)52-38)19-45-13-11-25(20-45)40(48)49)30-7-4-8-32-31(30)9-10-35(32)51-36-18-42-34(39(44-36)50-2)22-46-14-12-27(47)21-46/h3-8,15-16,18,25,27,35,47H,9-14,19-22H2,1-2H3,(H,48,49)/t25-,27-,35-/m1/s1. The predicted molar refractivity (Wildman–Crippen MR) is 192 cm³/mol. The lowest BCUT2D eigenvalue weighted by Gasteiger charge is -2.18. The fraction of sp³-hybridized carbons (Fsp3) is 0.375. The van der Waals surface area contributed by atoms with E-state index in [0.29, 0.717) is 73.5 Å². The van der Waals surface area contributed by atoms with Crippen LogP contribution in [0.25, 0.3) is 33.7 Å². The second-order valence-electron chi connectivity index (χ2n) is 14.0. The quantitative estimate of drug-likeness (QED) is 0.184. The zero-order valence-electron chi connectivity index (χ0n) is 29.2. The molecule has 0 spiro atoms. The molecule has 0 unspecified atom stereocenters. The van der Waals surface area contributed by atoms with Crippen LogP contribution in [0.5, 0.6) is 11.8 Å². The minimum atomic E-state index is -0.767. The summed E-state index contributed by atoms with van der Waals surface area (Å²) in [6.07, 6.45) is 4.16. The summed E-state index contributed by atoms with van der Waals surface area (Å²) >= 11 is 0. The summed E-state index contributed by atoms with van der Waals surface area (Å²) in [5.74, 6) is 0.146. The van der Waals surface area contributed by atoms with Crippen molar-refractivity contribution >= 4 is 17.1 Å². The number of rotatable bonds is 10. The van der Waals surface area contributed by atoms with Crippen LogP contribution in [0.3, 0.4) is 0 Å². The zero-order valence-corrected chi connectivity index (χ0v) is 29.2. The van der Waals surface area contributed by atoms with E-state index in [2.05, 4.69) is 57.0 Å². The molecule has 5 aromatic rings. The van der Waals surface area contributed by atoms with Crippen molar-refractivity contribution in [1.29, 1.82) is 5.26 Å². The van der Waals surface area contributed by atoms with E-state index in [9.17, 15) is 20.3 Å². The number of hydrogen-bond acceptors (Lipinski definition) is 11. The number of likely N-dealkylation sites (tertiary alicyclic amines) is 2. The number of aromatic nitrogens is 3. The fourth-order valence-corrected chi connectivity index (χ4v) is 7.99. The van der Waals surface area contributed by atoms with E-state index in [4.69, 9.17) is 18.9 Å². The van der Waals surface area contributed by atoms with Crippen molar-refractivity contribution in [2.75, 3.05) is 33.3 Å². The number of methoxy groups -OCH3 is 1. The molecule has 0 bridgehead atoms. The SMILES string of the molecule is COc1nc(O[C@@H]2CCc3c(-c4cccc(-c5nc6cc(CN7CC[C@@H](C(=O)O)C7)cc(C#N)c6o5)c4C)cccc32)cnc1CN1CC[C@@H](O)C1. The minimum Gasteiger partial charge on any atom is -0.481 e. The molecule has 0 saturated carbocycles. The van der Waals surface area contributed by atoms with Crippen molar-refractivity contribution in [3.63, 3.8) is 0 Å². The van der Waals surface area contributed by atoms with E-state index in [-0.39, 0.29) is 18.1 Å². The topological polar surface area (TPSA) is 158 Å². The van der Waals surface area contributed by atoms with Gasteiger partial charge in [-0.15, -0.1) is 0 Å². The van der Waals surface area contributed by atoms with Crippen LogP contribution in [0, 0.1) is 24.2 Å². The summed E-state index contributed by atoms with van der Waals surface area (Å²) in [6.45, 7) is 5.78. The number of benzene rings is 3. The lowest BCUT2D eigenvalue weighted by molar-refractivity contribution is -0.141. The highest BCUT2D eigenvalue weighted by Crippen LogP contribution is 2.42. The highest BCUT2D eigenvalue weighted by Gasteiger charge is 2.30. The maximum Gasteiger partial charge on any atom is 0.307 e. The van der Waals surface area contributed by atoms with E-state index in [1.165, 1.54) is 5.56 Å². The first-order valence-corrected chi connectivity index (χ1v) is 17.8. The third kappa shape index (κ3) is 6.47. The van der Waals surface area contributed by atoms with Crippen LogP contribution in [-0.2, 0) is 24.3 Å². The Morgan fingerprint density at radius 2 is 1.81 bits per heavy atom. The van der Waals surface area contributed by atoms with Gasteiger partial charge >= 0.3 is 5.97 Å². The number of carbonyl (C=O) groups is 1. The molecular weight excluding hydrogens is 660 g/mol. The van der Waals surface area contributed by atoms with Crippen LogP contribution in [0.4, 0.5) is 0 Å². The Kier molecular flexibility index (Phi) is 9.09. The van der Waals surface area contributed by atoms with Gasteiger partial charge in [0.25, 0.3) is 0 Å². The molecule has 1 aliphatic carbocycles. The molecule has 12 heteroatoms. The van der Waals surface area contributed by atoms with Gasteiger partial charge in [-0.3, -0.25) is 14.6 Å². The van der Waals surface area contributed by atoms with Gasteiger partial charge < -0.3 is 24.1 Å². The maximum atomic E-state index is 11.5. The fourth-order valence-electron chi connectivity index (χ4n) is 7.99. The predicted octanol–water partition coefficient (Wildman–Crippen LogP) is 5.68. The Labute approximate surface area is 301 Å². The Morgan fingerprint density at radius 1 is 1.02 bits per heavy atom. The van der Waals surface area contributed by atoms with Gasteiger partial charge in [0.1, 0.15) is 23.4 Å². The minimum absolute atomic E-state index is 0.191. The molecule has 8 rings (SSSR count). The number of nitrogens with zero attached hydrogens (tertiary/aromatic N) is 6. The summed E-state index contributed by atoms with van der Waals surface area (Å²) in [5.41, 5.74) is 9.45. The average molecular weight is 701 g/mol. The van der Waals surface area contributed by atoms with Crippen LogP contribution in [-0.4, -0.2) is 80.3 Å². The first-order valence-electron chi connectivity index (χ1n) is 17.8. The molecule has 2 fully saturated rings. The van der Waals surface area contributed by atoms with E-state index < -0.39 is 5.97 Å². The first kappa shape index (κ1) is 33.8. The molecule has 3 aromatic carbocycles. The number of β-amino-alcohol motifs (C(OH)–C–C–N with tert-alkyl or cyclic N) is 1. The number of ether oxygens (including phenoxy) is 2. The van der Waals surface area contributed by atoms with Gasteiger partial charge in [0, 0.05) is 38.3 Å². The summed E-state index contributed by atoms with van der Waals surface area (Å²) in [6, 6.07) is 18.4. The number of aliphatic carboxylic acids is 1. The number of oxazole rings is 1. The van der Waals surface area contributed by atoms with Crippen molar-refractivity contribution in [3.05, 3.63) is 88.2 Å². The summed E-state index contributed by atoms with van der Waals surface area (Å²) in [4.78, 5) is 29.8. The van der Waals surface area contributed by atoms with Crippen LogP contribution < -0.4 is 9.47 Å². The zero-order chi connectivity index (χ0) is 35.9. The lowest BCUT2D eigenvalue weighted by Crippen LogP contribution is -2.22. The molecule has 52 heavy (non-hydrogen) atoms. The number of hydrogen-bond donors (Lipinski definition) is 2. The molecule has 3 atom stereocenters. The molecule has 2 saturated heterocycles. The number of aliphatic hydroxyl groups excluding tert-OH is 1. The molecule has 0 radical (unpaired) electrons. The molecule has 3 aliphatic rings. The number of carboxylic acids is 1. The van der Waals surface area contributed by atoms with Crippen molar-refractivity contribution in [1.82, 2.24) is 24.8 Å². The summed E-state index contributed by atoms with van der Waals surface area (Å²) < 4.78 is 18.3. The van der Waals surface area contributed by atoms with Gasteiger partial charge in [0.2, 0.25) is 17.7 Å². The van der Waals surface area contributed by atoms with Gasteiger partial charge in [0.05, 0.1) is 30.9 Å². The molecular formula is C40H40N6O6. The molecule has 12 nitrogen and oxygen atoms in total. The second kappa shape index (κ2) is 14.0. The monoisotopic (exact) mass is 700 g/mol. The third-order valence-electron chi connectivity index (χ3n) is 10.6. The molecule has 4 heterocycles. The van der Waals surface area contributed by atoms with Crippen molar-refractivity contribution in [2.24, 2.45) is 5.92 Å². The third-order valence-corrected chi connectivity index (χ3v) is 10.6. The molecule has 266 valence electrons.